The van der Waals surface area contributed by atoms with Gasteiger partial charge in [-0.2, -0.15) is 0 Å². The summed E-state index contributed by atoms with van der Waals surface area (Å²) in [5, 5.41) is 8.14. The first kappa shape index (κ1) is 32.2. The van der Waals surface area contributed by atoms with E-state index in [1.807, 2.05) is 48.5 Å². The van der Waals surface area contributed by atoms with Crippen molar-refractivity contribution in [2.45, 2.75) is 105 Å². The number of nitrogens with zero attached hydrogens (tertiary/aromatic N) is 1. The molecule has 0 bridgehead atoms. The van der Waals surface area contributed by atoms with E-state index in [1.54, 1.807) is 0 Å². The third kappa shape index (κ3) is 8.50. The van der Waals surface area contributed by atoms with Crippen LogP contribution in [-0.2, 0) is 24.0 Å². The van der Waals surface area contributed by atoms with E-state index in [-0.39, 0.29) is 29.5 Å². The van der Waals surface area contributed by atoms with Gasteiger partial charge in [-0.25, -0.2) is 4.79 Å². The molecule has 0 aromatic carbocycles. The van der Waals surface area contributed by atoms with Crippen LogP contribution in [0.4, 0.5) is 4.79 Å². The van der Waals surface area contributed by atoms with E-state index in [0.29, 0.717) is 19.4 Å². The minimum absolute atomic E-state index is 0.0546. The summed E-state index contributed by atoms with van der Waals surface area (Å²) in [6, 6.07) is -4.25. The first-order valence-electron chi connectivity index (χ1n) is 14.0. The quantitative estimate of drug-likeness (QED) is 0.269. The maximum atomic E-state index is 14.0. The van der Waals surface area contributed by atoms with Crippen LogP contribution in [0.1, 0.15) is 81.1 Å². The molecular formula is C28H47N5O6. The highest BCUT2D eigenvalue weighted by atomic mass is 16.2. The number of hydrogen-bond acceptors (Lipinski definition) is 6. The van der Waals surface area contributed by atoms with Crippen LogP contribution in [0.3, 0.4) is 0 Å². The molecule has 1 saturated carbocycles. The molecule has 220 valence electrons. The number of carbonyl (C=O) groups is 6. The summed E-state index contributed by atoms with van der Waals surface area (Å²) in [6.07, 6.45) is 2.74. The topological polar surface area (TPSA) is 168 Å². The van der Waals surface area contributed by atoms with Gasteiger partial charge in [0.2, 0.25) is 17.6 Å². The maximum absolute atomic E-state index is 14.0. The Kier molecular flexibility index (Phi) is 10.7. The smallest absolute Gasteiger partial charge is 0.316 e. The molecule has 2 rings (SSSR count). The second-order valence-electron chi connectivity index (χ2n) is 12.9. The molecule has 11 heteroatoms. The molecule has 39 heavy (non-hydrogen) atoms. The summed E-state index contributed by atoms with van der Waals surface area (Å²) in [5.41, 5.74) is 4.53. The highest BCUT2D eigenvalue weighted by Gasteiger charge is 2.48. The largest absolute Gasteiger partial charge is 0.363 e. The van der Waals surface area contributed by atoms with Crippen LogP contribution in [-0.4, -0.2) is 70.9 Å². The summed E-state index contributed by atoms with van der Waals surface area (Å²) in [6.45, 7) is 14.7. The van der Waals surface area contributed by atoms with Gasteiger partial charge in [-0.05, 0) is 48.9 Å². The average molecular weight is 550 g/mol. The highest BCUT2D eigenvalue weighted by molar-refractivity contribution is 6.37. The minimum atomic E-state index is -1.10. The Bertz CT molecular complexity index is 968. The van der Waals surface area contributed by atoms with Crippen molar-refractivity contribution in [3.05, 3.63) is 0 Å². The van der Waals surface area contributed by atoms with Crippen molar-refractivity contribution in [2.24, 2.45) is 34.8 Å². The monoisotopic (exact) mass is 549 g/mol. The van der Waals surface area contributed by atoms with Crippen LogP contribution in [0.5, 0.6) is 0 Å². The standard InChI is InChI=1S/C28H47N5O6/c1-14(2)18-11-12-33(21(18)25(37)30-19(13-17-9-10-17)22(35)24(29)36)26(38)23(28(6,7)8)32-27(39)31-20(15(3)4)16(5)34/h14-15,17-21,23H,9-13H2,1-8H3,(H2,29,36)(H,30,37)(H2,31,32,39)/t18-,19?,20+,21?,23-/m1/s1. The first-order valence-corrected chi connectivity index (χ1v) is 14.0. The third-order valence-corrected chi connectivity index (χ3v) is 7.77. The molecule has 1 aliphatic carbocycles. The molecule has 2 aliphatic rings. The van der Waals surface area contributed by atoms with Gasteiger partial charge < -0.3 is 26.6 Å². The molecule has 2 unspecified atom stereocenters. The van der Waals surface area contributed by atoms with Crippen LogP contribution >= 0.6 is 0 Å². The number of urea groups is 1. The van der Waals surface area contributed by atoms with E-state index in [1.165, 1.54) is 11.8 Å². The molecular weight excluding hydrogens is 502 g/mol. The van der Waals surface area contributed by atoms with Gasteiger partial charge in [0.05, 0.1) is 12.1 Å². The number of hydrogen-bond donors (Lipinski definition) is 4. The SMILES string of the molecule is CC(=O)[C@@H](NC(=O)N[C@H](C(=O)N1CC[C@H](C(C)C)C1C(=O)NC(CC1CC1)C(=O)C(N)=O)C(C)(C)C)C(C)C. The van der Waals surface area contributed by atoms with E-state index < -0.39 is 59.1 Å². The van der Waals surface area contributed by atoms with Crippen LogP contribution in [0.25, 0.3) is 0 Å². The Balaban J connectivity index is 2.31. The predicted molar refractivity (Wildman–Crippen MR) is 146 cm³/mol. The molecule has 0 aromatic heterocycles. The number of Topliss-reactive ketones (excluding diaryl/α,β-unsaturated/α-hetero) is 2. The van der Waals surface area contributed by atoms with Crippen LogP contribution in [0, 0.1) is 29.1 Å². The molecule has 0 spiro atoms. The van der Waals surface area contributed by atoms with Gasteiger partial charge in [0.15, 0.2) is 5.78 Å². The Hall–Kier alpha value is -2.98. The van der Waals surface area contributed by atoms with Crippen molar-refractivity contribution >= 4 is 35.3 Å². The normalized spacial score (nSPS) is 21.7. The van der Waals surface area contributed by atoms with Gasteiger partial charge in [-0.3, -0.25) is 24.0 Å². The fraction of sp³-hybridized carbons (Fsp3) is 0.786. The molecule has 0 radical (unpaired) electrons. The number of primary amides is 1. The predicted octanol–water partition coefficient (Wildman–Crippen LogP) is 1.53. The summed E-state index contributed by atoms with van der Waals surface area (Å²) >= 11 is 0. The van der Waals surface area contributed by atoms with Gasteiger partial charge in [-0.1, -0.05) is 61.3 Å². The zero-order chi connectivity index (χ0) is 29.8. The number of nitrogens with one attached hydrogen (secondary N) is 3. The minimum Gasteiger partial charge on any atom is -0.363 e. The van der Waals surface area contributed by atoms with Crippen molar-refractivity contribution in [1.29, 1.82) is 0 Å². The van der Waals surface area contributed by atoms with Gasteiger partial charge in [0.1, 0.15) is 12.1 Å². The lowest BCUT2D eigenvalue weighted by Crippen LogP contribution is -2.61. The van der Waals surface area contributed by atoms with Crippen LogP contribution in [0.15, 0.2) is 0 Å². The van der Waals surface area contributed by atoms with E-state index in [0.717, 1.165) is 12.8 Å². The average Bonchev–Trinajstić information content (AvgIpc) is 3.51. The Labute approximate surface area is 231 Å². The second kappa shape index (κ2) is 12.9. The van der Waals surface area contributed by atoms with Crippen molar-refractivity contribution in [3.63, 3.8) is 0 Å². The number of carbonyl (C=O) groups excluding carboxylic acids is 6. The summed E-state index contributed by atoms with van der Waals surface area (Å²) in [4.78, 5) is 78.1. The highest BCUT2D eigenvalue weighted by Crippen LogP contribution is 2.35. The zero-order valence-corrected chi connectivity index (χ0v) is 24.6. The van der Waals surface area contributed by atoms with Crippen molar-refractivity contribution in [1.82, 2.24) is 20.9 Å². The van der Waals surface area contributed by atoms with E-state index >= 15 is 0 Å². The summed E-state index contributed by atoms with van der Waals surface area (Å²) in [7, 11) is 0. The molecule has 2 fully saturated rings. The van der Waals surface area contributed by atoms with Gasteiger partial charge >= 0.3 is 6.03 Å². The summed E-state index contributed by atoms with van der Waals surface area (Å²) < 4.78 is 0. The second-order valence-corrected chi connectivity index (χ2v) is 12.9. The fourth-order valence-electron chi connectivity index (χ4n) is 5.31. The maximum Gasteiger partial charge on any atom is 0.316 e. The molecule has 1 saturated heterocycles. The van der Waals surface area contributed by atoms with E-state index in [2.05, 4.69) is 16.0 Å². The first-order chi connectivity index (χ1) is 17.9. The lowest BCUT2D eigenvalue weighted by molar-refractivity contribution is -0.144. The lowest BCUT2D eigenvalue weighted by Gasteiger charge is -2.37. The fourth-order valence-corrected chi connectivity index (χ4v) is 5.31. The molecule has 5 atom stereocenters. The molecule has 5 N–H and O–H groups in total. The molecule has 11 nitrogen and oxygen atoms in total. The van der Waals surface area contributed by atoms with Gasteiger partial charge in [-0.15, -0.1) is 0 Å². The lowest BCUT2D eigenvalue weighted by atomic mass is 9.84. The van der Waals surface area contributed by atoms with Crippen molar-refractivity contribution < 1.29 is 28.8 Å². The van der Waals surface area contributed by atoms with Crippen molar-refractivity contribution in [3.8, 4) is 0 Å². The third-order valence-electron chi connectivity index (χ3n) is 7.77. The van der Waals surface area contributed by atoms with Crippen LogP contribution in [0.2, 0.25) is 0 Å². The zero-order valence-electron chi connectivity index (χ0n) is 24.6. The molecule has 0 aromatic rings. The summed E-state index contributed by atoms with van der Waals surface area (Å²) in [5.74, 6) is -3.09. The van der Waals surface area contributed by atoms with Gasteiger partial charge in [0.25, 0.3) is 5.91 Å². The van der Waals surface area contributed by atoms with Crippen LogP contribution < -0.4 is 21.7 Å². The van der Waals surface area contributed by atoms with E-state index in [4.69, 9.17) is 5.73 Å². The number of rotatable bonds is 12. The Morgan fingerprint density at radius 1 is 0.923 bits per heavy atom. The number of ketones is 2. The molecule has 1 aliphatic heterocycles. The molecule has 5 amide bonds. The van der Waals surface area contributed by atoms with E-state index in [9.17, 15) is 28.8 Å². The number of likely N-dealkylation sites (tertiary alicyclic amines) is 1. The number of nitrogens with two attached hydrogens (primary N) is 1. The Morgan fingerprint density at radius 2 is 1.51 bits per heavy atom. The number of amides is 5. The Morgan fingerprint density at radius 3 is 1.95 bits per heavy atom. The molecule has 1 heterocycles. The van der Waals surface area contributed by atoms with Crippen molar-refractivity contribution in [2.75, 3.05) is 6.54 Å². The van der Waals surface area contributed by atoms with Gasteiger partial charge in [0, 0.05) is 6.54 Å².